The third kappa shape index (κ3) is 5.23. The zero-order valence-corrected chi connectivity index (χ0v) is 12.3. The number of methoxy groups -OCH3 is 1. The second-order valence-electron chi connectivity index (χ2n) is 5.43. The molecular weight excluding hydrogens is 268 g/mol. The number of benzene rings is 1. The van der Waals surface area contributed by atoms with E-state index in [0.29, 0.717) is 12.0 Å². The highest BCUT2D eigenvalue weighted by Crippen LogP contribution is 2.26. The Morgan fingerprint density at radius 3 is 2.48 bits per heavy atom. The van der Waals surface area contributed by atoms with Crippen LogP contribution in [-0.2, 0) is 9.53 Å². The second kappa shape index (κ2) is 7.84. The fraction of sp³-hybridized carbons (Fsp3) is 0.471. The van der Waals surface area contributed by atoms with Gasteiger partial charge in [-0.3, -0.25) is 0 Å². The molecule has 4 nitrogen and oxygen atoms in total. The van der Waals surface area contributed by atoms with Crippen molar-refractivity contribution in [2.45, 2.75) is 31.8 Å². The van der Waals surface area contributed by atoms with E-state index >= 15 is 0 Å². The summed E-state index contributed by atoms with van der Waals surface area (Å²) in [6.45, 7) is 0.737. The van der Waals surface area contributed by atoms with E-state index in [2.05, 4.69) is 0 Å². The number of ether oxygens (including phenoxy) is 2. The van der Waals surface area contributed by atoms with E-state index in [1.165, 1.54) is 0 Å². The summed E-state index contributed by atoms with van der Waals surface area (Å²) in [6.07, 6.45) is 7.65. The fourth-order valence-corrected chi connectivity index (χ4v) is 2.59. The molecule has 114 valence electrons. The lowest BCUT2D eigenvalue weighted by Crippen LogP contribution is -2.24. The van der Waals surface area contributed by atoms with Crippen LogP contribution in [0.25, 0.3) is 6.08 Å². The van der Waals surface area contributed by atoms with Crippen LogP contribution < -0.4 is 4.74 Å². The van der Waals surface area contributed by atoms with Gasteiger partial charge in [-0.05, 0) is 55.4 Å². The van der Waals surface area contributed by atoms with Crippen molar-refractivity contribution in [2.75, 3.05) is 13.7 Å². The predicted octanol–water partition coefficient (Wildman–Crippen LogP) is 3.37. The number of carboxylic acid groups (broad SMARTS) is 1. The maximum absolute atomic E-state index is 10.4. The first-order valence-corrected chi connectivity index (χ1v) is 7.34. The van der Waals surface area contributed by atoms with E-state index in [4.69, 9.17) is 14.6 Å². The van der Waals surface area contributed by atoms with E-state index in [1.54, 1.807) is 13.2 Å². The lowest BCUT2D eigenvalue weighted by molar-refractivity contribution is -0.131. The first-order chi connectivity index (χ1) is 10.2. The van der Waals surface area contributed by atoms with Gasteiger partial charge in [-0.1, -0.05) is 12.1 Å². The molecule has 1 aromatic carbocycles. The smallest absolute Gasteiger partial charge is 0.328 e. The second-order valence-corrected chi connectivity index (χ2v) is 5.43. The molecule has 4 heteroatoms. The van der Waals surface area contributed by atoms with Crippen molar-refractivity contribution in [1.82, 2.24) is 0 Å². The Hall–Kier alpha value is -1.81. The molecule has 1 N–H and O–H groups in total. The van der Waals surface area contributed by atoms with Crippen LogP contribution in [-0.4, -0.2) is 30.9 Å². The minimum Gasteiger partial charge on any atom is -0.493 e. The monoisotopic (exact) mass is 290 g/mol. The summed E-state index contributed by atoms with van der Waals surface area (Å²) in [5.41, 5.74) is 0.852. The van der Waals surface area contributed by atoms with Gasteiger partial charge >= 0.3 is 5.97 Å². The Labute approximate surface area is 125 Å². The van der Waals surface area contributed by atoms with E-state index in [0.717, 1.165) is 49.7 Å². The van der Waals surface area contributed by atoms with Crippen molar-refractivity contribution in [3.63, 3.8) is 0 Å². The summed E-state index contributed by atoms with van der Waals surface area (Å²) < 4.78 is 11.2. The van der Waals surface area contributed by atoms with Gasteiger partial charge < -0.3 is 14.6 Å². The molecule has 0 aliphatic heterocycles. The first kappa shape index (κ1) is 15.6. The van der Waals surface area contributed by atoms with E-state index < -0.39 is 5.97 Å². The SMILES string of the molecule is COC1CCC(COc2ccc(C=CC(=O)O)cc2)CC1. The summed E-state index contributed by atoms with van der Waals surface area (Å²) in [6, 6.07) is 7.47. The van der Waals surface area contributed by atoms with Crippen LogP contribution >= 0.6 is 0 Å². The van der Waals surface area contributed by atoms with Crippen LogP contribution in [0.5, 0.6) is 5.75 Å². The van der Waals surface area contributed by atoms with Gasteiger partial charge in [0.1, 0.15) is 5.75 Å². The van der Waals surface area contributed by atoms with Crippen LogP contribution in [0.3, 0.4) is 0 Å². The summed E-state index contributed by atoms with van der Waals surface area (Å²) in [7, 11) is 1.78. The van der Waals surface area contributed by atoms with Gasteiger partial charge in [-0.2, -0.15) is 0 Å². The average Bonchev–Trinajstić information content (AvgIpc) is 2.52. The highest BCUT2D eigenvalue weighted by molar-refractivity contribution is 5.85. The molecule has 0 saturated heterocycles. The third-order valence-corrected chi connectivity index (χ3v) is 3.91. The molecular formula is C17H22O4. The topological polar surface area (TPSA) is 55.8 Å². The van der Waals surface area contributed by atoms with Crippen LogP contribution in [0.4, 0.5) is 0 Å². The van der Waals surface area contributed by atoms with Gasteiger partial charge in [-0.15, -0.1) is 0 Å². The Balaban J connectivity index is 1.77. The molecule has 0 bridgehead atoms. The van der Waals surface area contributed by atoms with E-state index in [-0.39, 0.29) is 0 Å². The molecule has 2 rings (SSSR count). The summed E-state index contributed by atoms with van der Waals surface area (Å²) in [4.78, 5) is 10.4. The summed E-state index contributed by atoms with van der Waals surface area (Å²) in [5, 5.41) is 8.57. The number of carboxylic acids is 1. The quantitative estimate of drug-likeness (QED) is 0.816. The highest BCUT2D eigenvalue weighted by atomic mass is 16.5. The van der Waals surface area contributed by atoms with Gasteiger partial charge in [0, 0.05) is 13.2 Å². The largest absolute Gasteiger partial charge is 0.493 e. The fourth-order valence-electron chi connectivity index (χ4n) is 2.59. The number of hydrogen-bond acceptors (Lipinski definition) is 3. The zero-order valence-electron chi connectivity index (χ0n) is 12.3. The number of rotatable bonds is 6. The van der Waals surface area contributed by atoms with Crippen molar-refractivity contribution in [2.24, 2.45) is 5.92 Å². The zero-order chi connectivity index (χ0) is 15.1. The van der Waals surface area contributed by atoms with Gasteiger partial charge in [0.2, 0.25) is 0 Å². The molecule has 0 spiro atoms. The molecule has 0 aromatic heterocycles. The molecule has 0 unspecified atom stereocenters. The first-order valence-electron chi connectivity index (χ1n) is 7.34. The minimum atomic E-state index is -0.943. The van der Waals surface area contributed by atoms with Crippen molar-refractivity contribution < 1.29 is 19.4 Å². The van der Waals surface area contributed by atoms with Crippen molar-refractivity contribution in [3.05, 3.63) is 35.9 Å². The Kier molecular flexibility index (Phi) is 5.81. The molecule has 0 radical (unpaired) electrons. The molecule has 0 heterocycles. The number of hydrogen-bond donors (Lipinski definition) is 1. The highest BCUT2D eigenvalue weighted by Gasteiger charge is 2.21. The van der Waals surface area contributed by atoms with Crippen LogP contribution in [0.2, 0.25) is 0 Å². The molecule has 1 fully saturated rings. The number of aliphatic carboxylic acids is 1. The molecule has 1 aliphatic rings. The average molecular weight is 290 g/mol. The normalized spacial score (nSPS) is 22.3. The Bertz CT molecular complexity index is 470. The standard InChI is InChI=1S/C17H22O4/c1-20-15-7-4-14(5-8-15)12-21-16-9-2-13(3-10-16)6-11-17(18)19/h2-3,6,9-11,14-15H,4-5,7-8,12H2,1H3,(H,18,19). The molecule has 0 atom stereocenters. The van der Waals surface area contributed by atoms with Crippen molar-refractivity contribution >= 4 is 12.0 Å². The maximum atomic E-state index is 10.4. The van der Waals surface area contributed by atoms with Gasteiger partial charge in [0.25, 0.3) is 0 Å². The Morgan fingerprint density at radius 1 is 1.24 bits per heavy atom. The maximum Gasteiger partial charge on any atom is 0.328 e. The van der Waals surface area contributed by atoms with Gasteiger partial charge in [0.15, 0.2) is 0 Å². The van der Waals surface area contributed by atoms with E-state index in [1.807, 2.05) is 24.3 Å². The van der Waals surface area contributed by atoms with Crippen LogP contribution in [0, 0.1) is 5.92 Å². The number of carbonyl (C=O) groups is 1. The van der Waals surface area contributed by atoms with Crippen molar-refractivity contribution in [3.8, 4) is 5.75 Å². The molecule has 1 aromatic rings. The van der Waals surface area contributed by atoms with Crippen molar-refractivity contribution in [1.29, 1.82) is 0 Å². The lowest BCUT2D eigenvalue weighted by atomic mass is 9.88. The molecule has 0 amide bonds. The summed E-state index contributed by atoms with van der Waals surface area (Å²) in [5.74, 6) is 0.487. The van der Waals surface area contributed by atoms with Crippen LogP contribution in [0.15, 0.2) is 30.3 Å². The van der Waals surface area contributed by atoms with Crippen LogP contribution in [0.1, 0.15) is 31.2 Å². The van der Waals surface area contributed by atoms with Gasteiger partial charge in [-0.25, -0.2) is 4.79 Å². The van der Waals surface area contributed by atoms with Gasteiger partial charge in [0.05, 0.1) is 12.7 Å². The minimum absolute atomic E-state index is 0.418. The molecule has 21 heavy (non-hydrogen) atoms. The molecule has 1 saturated carbocycles. The molecule has 1 aliphatic carbocycles. The summed E-state index contributed by atoms with van der Waals surface area (Å²) >= 11 is 0. The Morgan fingerprint density at radius 2 is 1.90 bits per heavy atom. The third-order valence-electron chi connectivity index (χ3n) is 3.91. The van der Waals surface area contributed by atoms with E-state index in [9.17, 15) is 4.79 Å². The lowest BCUT2D eigenvalue weighted by Gasteiger charge is -2.27. The predicted molar refractivity (Wildman–Crippen MR) is 81.4 cm³/mol.